The highest BCUT2D eigenvalue weighted by Gasteiger charge is 2.31. The van der Waals surface area contributed by atoms with Gasteiger partial charge in [-0.15, -0.1) is 0 Å². The molecule has 1 amide bonds. The first-order chi connectivity index (χ1) is 11.1. The third-order valence-corrected chi connectivity index (χ3v) is 4.00. The standard InChI is InChI=1S/C17H20N2O4/c1-22-13-4-2-12(3-5-13)14-6-7-15(23-14)16(20)19-11-17(21)8-9-18-10-17/h2-7,18,21H,8-11H2,1H3,(H,19,20). The van der Waals surface area contributed by atoms with E-state index >= 15 is 0 Å². The fourth-order valence-corrected chi connectivity index (χ4v) is 2.58. The predicted octanol–water partition coefficient (Wildman–Crippen LogP) is 1.41. The van der Waals surface area contributed by atoms with Gasteiger partial charge in [-0.1, -0.05) is 0 Å². The number of methoxy groups -OCH3 is 1. The summed E-state index contributed by atoms with van der Waals surface area (Å²) < 4.78 is 10.7. The van der Waals surface area contributed by atoms with Crippen molar-refractivity contribution in [3.05, 3.63) is 42.2 Å². The summed E-state index contributed by atoms with van der Waals surface area (Å²) >= 11 is 0. The summed E-state index contributed by atoms with van der Waals surface area (Å²) in [4.78, 5) is 12.1. The molecule has 2 aromatic rings. The molecule has 1 unspecified atom stereocenters. The molecule has 3 N–H and O–H groups in total. The van der Waals surface area contributed by atoms with E-state index in [2.05, 4.69) is 10.6 Å². The zero-order valence-electron chi connectivity index (χ0n) is 13.0. The van der Waals surface area contributed by atoms with Crippen LogP contribution in [0.15, 0.2) is 40.8 Å². The number of benzene rings is 1. The SMILES string of the molecule is COc1ccc(-c2ccc(C(=O)NCC3(O)CCNC3)o2)cc1. The summed E-state index contributed by atoms with van der Waals surface area (Å²) in [5.41, 5.74) is -0.00962. The Morgan fingerprint density at radius 1 is 1.35 bits per heavy atom. The lowest BCUT2D eigenvalue weighted by Gasteiger charge is -2.21. The van der Waals surface area contributed by atoms with E-state index in [4.69, 9.17) is 9.15 Å². The molecule has 6 heteroatoms. The van der Waals surface area contributed by atoms with Gasteiger partial charge in [-0.05, 0) is 49.4 Å². The number of nitrogens with one attached hydrogen (secondary N) is 2. The molecule has 1 fully saturated rings. The number of carbonyl (C=O) groups is 1. The number of hydrogen-bond acceptors (Lipinski definition) is 5. The van der Waals surface area contributed by atoms with Crippen molar-refractivity contribution in [2.45, 2.75) is 12.0 Å². The number of furan rings is 1. The highest BCUT2D eigenvalue weighted by atomic mass is 16.5. The zero-order valence-corrected chi connectivity index (χ0v) is 13.0. The molecule has 0 spiro atoms. The van der Waals surface area contributed by atoms with E-state index in [0.717, 1.165) is 17.9 Å². The quantitative estimate of drug-likeness (QED) is 0.777. The number of carbonyl (C=O) groups excluding carboxylic acids is 1. The molecule has 1 aliphatic heterocycles. The fraction of sp³-hybridized carbons (Fsp3) is 0.353. The van der Waals surface area contributed by atoms with Crippen LogP contribution >= 0.6 is 0 Å². The molecule has 3 rings (SSSR count). The van der Waals surface area contributed by atoms with Crippen LogP contribution in [-0.2, 0) is 0 Å². The number of ether oxygens (including phenoxy) is 1. The second-order valence-corrected chi connectivity index (χ2v) is 5.73. The molecule has 0 aliphatic carbocycles. The van der Waals surface area contributed by atoms with Gasteiger partial charge in [0.2, 0.25) is 0 Å². The van der Waals surface area contributed by atoms with Gasteiger partial charge in [0, 0.05) is 18.7 Å². The lowest BCUT2D eigenvalue weighted by atomic mass is 10.0. The van der Waals surface area contributed by atoms with E-state index in [1.54, 1.807) is 19.2 Å². The van der Waals surface area contributed by atoms with Crippen molar-refractivity contribution in [1.29, 1.82) is 0 Å². The van der Waals surface area contributed by atoms with Gasteiger partial charge in [0.25, 0.3) is 5.91 Å². The maximum atomic E-state index is 12.1. The van der Waals surface area contributed by atoms with E-state index in [1.807, 2.05) is 24.3 Å². The van der Waals surface area contributed by atoms with Gasteiger partial charge < -0.3 is 24.9 Å². The average Bonchev–Trinajstić information content (AvgIpc) is 3.23. The Kier molecular flexibility index (Phi) is 4.36. The van der Waals surface area contributed by atoms with Crippen LogP contribution in [0.25, 0.3) is 11.3 Å². The van der Waals surface area contributed by atoms with E-state index < -0.39 is 5.60 Å². The predicted molar refractivity (Wildman–Crippen MR) is 85.5 cm³/mol. The maximum absolute atomic E-state index is 12.1. The van der Waals surface area contributed by atoms with Gasteiger partial charge in [-0.3, -0.25) is 4.79 Å². The molecular weight excluding hydrogens is 296 g/mol. The Morgan fingerprint density at radius 3 is 2.78 bits per heavy atom. The molecule has 6 nitrogen and oxygen atoms in total. The first-order valence-corrected chi connectivity index (χ1v) is 7.55. The minimum Gasteiger partial charge on any atom is -0.497 e. The van der Waals surface area contributed by atoms with Crippen LogP contribution in [0.3, 0.4) is 0 Å². The molecular formula is C17H20N2O4. The normalized spacial score (nSPS) is 20.4. The fourth-order valence-electron chi connectivity index (χ4n) is 2.58. The van der Waals surface area contributed by atoms with Crippen molar-refractivity contribution in [3.63, 3.8) is 0 Å². The van der Waals surface area contributed by atoms with Crippen LogP contribution in [0.4, 0.5) is 0 Å². The van der Waals surface area contributed by atoms with Gasteiger partial charge in [0.05, 0.1) is 12.7 Å². The lowest BCUT2D eigenvalue weighted by Crippen LogP contribution is -2.44. The number of amides is 1. The molecule has 0 radical (unpaired) electrons. The molecule has 23 heavy (non-hydrogen) atoms. The van der Waals surface area contributed by atoms with Gasteiger partial charge >= 0.3 is 0 Å². The summed E-state index contributed by atoms with van der Waals surface area (Å²) in [5.74, 6) is 1.27. The summed E-state index contributed by atoms with van der Waals surface area (Å²) in [7, 11) is 1.61. The average molecular weight is 316 g/mol. The van der Waals surface area contributed by atoms with Crippen LogP contribution in [0.2, 0.25) is 0 Å². The van der Waals surface area contributed by atoms with E-state index in [1.165, 1.54) is 0 Å². The molecule has 0 saturated carbocycles. The molecule has 1 aromatic heterocycles. The van der Waals surface area contributed by atoms with Crippen molar-refractivity contribution in [2.75, 3.05) is 26.7 Å². The highest BCUT2D eigenvalue weighted by molar-refractivity contribution is 5.92. The van der Waals surface area contributed by atoms with Crippen molar-refractivity contribution in [3.8, 4) is 17.1 Å². The first-order valence-electron chi connectivity index (χ1n) is 7.55. The van der Waals surface area contributed by atoms with Crippen molar-refractivity contribution >= 4 is 5.91 Å². The van der Waals surface area contributed by atoms with Gasteiger partial charge in [0.15, 0.2) is 5.76 Å². The van der Waals surface area contributed by atoms with Crippen molar-refractivity contribution in [2.24, 2.45) is 0 Å². The number of aliphatic hydroxyl groups is 1. The first kappa shape index (κ1) is 15.6. The van der Waals surface area contributed by atoms with E-state index in [9.17, 15) is 9.90 Å². The molecule has 1 aromatic carbocycles. The number of rotatable bonds is 5. The molecule has 122 valence electrons. The smallest absolute Gasteiger partial charge is 0.287 e. The number of hydrogen-bond donors (Lipinski definition) is 3. The summed E-state index contributed by atoms with van der Waals surface area (Å²) in [5, 5.41) is 16.0. The molecule has 1 saturated heterocycles. The van der Waals surface area contributed by atoms with Crippen LogP contribution < -0.4 is 15.4 Å². The molecule has 0 bridgehead atoms. The summed E-state index contributed by atoms with van der Waals surface area (Å²) in [6.07, 6.45) is 0.628. The molecule has 1 aliphatic rings. The molecule has 1 atom stereocenters. The van der Waals surface area contributed by atoms with Gasteiger partial charge in [-0.2, -0.15) is 0 Å². The van der Waals surface area contributed by atoms with Crippen LogP contribution in [0.1, 0.15) is 17.0 Å². The maximum Gasteiger partial charge on any atom is 0.287 e. The Balaban J connectivity index is 1.64. The third kappa shape index (κ3) is 3.55. The van der Waals surface area contributed by atoms with Crippen molar-refractivity contribution < 1.29 is 19.1 Å². The van der Waals surface area contributed by atoms with Crippen LogP contribution in [0.5, 0.6) is 5.75 Å². The van der Waals surface area contributed by atoms with Crippen LogP contribution in [-0.4, -0.2) is 43.4 Å². The van der Waals surface area contributed by atoms with Gasteiger partial charge in [-0.25, -0.2) is 0 Å². The topological polar surface area (TPSA) is 83.7 Å². The molecule has 2 heterocycles. The Bertz CT molecular complexity index is 672. The minimum atomic E-state index is -0.874. The highest BCUT2D eigenvalue weighted by Crippen LogP contribution is 2.24. The largest absolute Gasteiger partial charge is 0.497 e. The Morgan fingerprint density at radius 2 is 2.13 bits per heavy atom. The van der Waals surface area contributed by atoms with Crippen molar-refractivity contribution in [1.82, 2.24) is 10.6 Å². The van der Waals surface area contributed by atoms with Crippen LogP contribution in [0, 0.1) is 0 Å². The van der Waals surface area contributed by atoms with Gasteiger partial charge in [0.1, 0.15) is 11.5 Å². The Hall–Kier alpha value is -2.31. The van der Waals surface area contributed by atoms with E-state index in [-0.39, 0.29) is 18.2 Å². The van der Waals surface area contributed by atoms with E-state index in [0.29, 0.717) is 18.7 Å². The summed E-state index contributed by atoms with van der Waals surface area (Å²) in [6, 6.07) is 10.8. The zero-order chi connectivity index (χ0) is 16.3. The third-order valence-electron chi connectivity index (χ3n) is 4.00. The second-order valence-electron chi connectivity index (χ2n) is 5.73. The number of β-amino-alcohol motifs (C(OH)–C–C–N with tert-alkyl or cyclic N) is 1. The Labute approximate surface area is 134 Å². The lowest BCUT2D eigenvalue weighted by molar-refractivity contribution is 0.0554. The monoisotopic (exact) mass is 316 g/mol. The summed E-state index contributed by atoms with van der Waals surface area (Å²) in [6.45, 7) is 1.45. The minimum absolute atomic E-state index is 0.206. The second kappa shape index (κ2) is 6.44.